The first-order valence-corrected chi connectivity index (χ1v) is 9.28. The molecule has 3 rings (SSSR count). The number of benzene rings is 1. The minimum absolute atomic E-state index is 0.128. The maximum Gasteiger partial charge on any atom is 0.292 e. The molecule has 0 unspecified atom stereocenters. The van der Waals surface area contributed by atoms with Crippen LogP contribution in [0.4, 0.5) is 5.69 Å². The Bertz CT molecular complexity index is 898. The summed E-state index contributed by atoms with van der Waals surface area (Å²) in [5.74, 6) is 2.65. The third-order valence-corrected chi connectivity index (χ3v) is 5.22. The summed E-state index contributed by atoms with van der Waals surface area (Å²) in [6.45, 7) is 4.13. The lowest BCUT2D eigenvalue weighted by Crippen LogP contribution is -2.47. The van der Waals surface area contributed by atoms with Gasteiger partial charge >= 0.3 is 0 Å². The number of nitrogens with zero attached hydrogens (tertiary/aromatic N) is 4. The van der Waals surface area contributed by atoms with Crippen LogP contribution in [-0.4, -0.2) is 47.4 Å². The smallest absolute Gasteiger partial charge is 0.292 e. The molecule has 0 N–H and O–H groups in total. The fourth-order valence-electron chi connectivity index (χ4n) is 2.90. The molecule has 0 atom stereocenters. The molecule has 2 heterocycles. The van der Waals surface area contributed by atoms with Crippen molar-refractivity contribution in [1.82, 2.24) is 14.7 Å². The van der Waals surface area contributed by atoms with E-state index in [0.29, 0.717) is 21.4 Å². The first-order chi connectivity index (χ1) is 12.5. The van der Waals surface area contributed by atoms with Crippen LogP contribution in [0, 0.1) is 12.3 Å². The normalized spacial score (nSPS) is 15.1. The predicted molar refractivity (Wildman–Crippen MR) is 107 cm³/mol. The van der Waals surface area contributed by atoms with Gasteiger partial charge in [-0.05, 0) is 18.2 Å². The molecule has 0 saturated carbocycles. The molecule has 1 aliphatic rings. The first kappa shape index (κ1) is 19.1. The molecule has 0 bridgehead atoms. The van der Waals surface area contributed by atoms with Gasteiger partial charge in [0.2, 0.25) is 0 Å². The molecule has 1 saturated heterocycles. The van der Waals surface area contributed by atoms with Crippen LogP contribution in [0.1, 0.15) is 6.42 Å². The van der Waals surface area contributed by atoms with Crippen LogP contribution < -0.4 is 10.5 Å². The number of terminal acetylenes is 1. The van der Waals surface area contributed by atoms with Gasteiger partial charge in [-0.1, -0.05) is 34.8 Å². The third-order valence-electron chi connectivity index (χ3n) is 4.32. The molecular weight excluding hydrogens is 395 g/mol. The highest BCUT2D eigenvalue weighted by Crippen LogP contribution is 2.26. The molecule has 5 nitrogen and oxygen atoms in total. The van der Waals surface area contributed by atoms with Crippen molar-refractivity contribution in [2.24, 2.45) is 0 Å². The number of rotatable bonds is 4. The quantitative estimate of drug-likeness (QED) is 0.724. The largest absolute Gasteiger partial charge is 0.366 e. The number of piperazine rings is 1. The second kappa shape index (κ2) is 8.32. The van der Waals surface area contributed by atoms with E-state index in [-0.39, 0.29) is 5.02 Å². The molecule has 1 fully saturated rings. The summed E-state index contributed by atoms with van der Waals surface area (Å²) in [4.78, 5) is 17.1. The van der Waals surface area contributed by atoms with Crippen molar-refractivity contribution in [3.63, 3.8) is 0 Å². The molecule has 1 aromatic carbocycles. The maximum atomic E-state index is 12.7. The highest BCUT2D eigenvalue weighted by molar-refractivity contribution is 6.36. The van der Waals surface area contributed by atoms with Gasteiger partial charge in [0, 0.05) is 44.2 Å². The summed E-state index contributed by atoms with van der Waals surface area (Å²) in [5.41, 5.74) is 0.659. The number of halogens is 3. The van der Waals surface area contributed by atoms with Crippen molar-refractivity contribution in [1.29, 1.82) is 0 Å². The fraction of sp³-hybridized carbons (Fsp3) is 0.333. The average Bonchev–Trinajstić information content (AvgIpc) is 2.63. The van der Waals surface area contributed by atoms with E-state index < -0.39 is 5.56 Å². The zero-order chi connectivity index (χ0) is 18.7. The van der Waals surface area contributed by atoms with Gasteiger partial charge in [-0.2, -0.15) is 9.78 Å². The second-order valence-electron chi connectivity index (χ2n) is 5.94. The number of aromatic nitrogens is 2. The van der Waals surface area contributed by atoms with E-state index in [4.69, 9.17) is 41.2 Å². The summed E-state index contributed by atoms with van der Waals surface area (Å²) >= 11 is 18.4. The van der Waals surface area contributed by atoms with E-state index in [9.17, 15) is 4.79 Å². The summed E-state index contributed by atoms with van der Waals surface area (Å²) in [6, 6.07) is 4.84. The molecule has 0 radical (unpaired) electrons. The van der Waals surface area contributed by atoms with Crippen LogP contribution >= 0.6 is 34.8 Å². The SMILES string of the molecule is C#CCCN1CCN(c2cnn(-c3ccc(Cl)cc3Cl)c(=O)c2Cl)CC1. The molecule has 1 aromatic heterocycles. The van der Waals surface area contributed by atoms with Crippen LogP contribution in [0.3, 0.4) is 0 Å². The van der Waals surface area contributed by atoms with Crippen LogP contribution in [-0.2, 0) is 0 Å². The van der Waals surface area contributed by atoms with Gasteiger partial charge in [0.15, 0.2) is 0 Å². The lowest BCUT2D eigenvalue weighted by atomic mass is 10.2. The van der Waals surface area contributed by atoms with E-state index in [2.05, 4.69) is 20.8 Å². The monoisotopic (exact) mass is 410 g/mol. The lowest BCUT2D eigenvalue weighted by Gasteiger charge is -2.35. The zero-order valence-electron chi connectivity index (χ0n) is 14.0. The lowest BCUT2D eigenvalue weighted by molar-refractivity contribution is 0.264. The minimum Gasteiger partial charge on any atom is -0.366 e. The molecule has 8 heteroatoms. The summed E-state index contributed by atoms with van der Waals surface area (Å²) in [5, 5.41) is 5.20. The van der Waals surface area contributed by atoms with Crippen molar-refractivity contribution in [3.8, 4) is 18.0 Å². The van der Waals surface area contributed by atoms with E-state index in [0.717, 1.165) is 39.1 Å². The van der Waals surface area contributed by atoms with Crippen molar-refractivity contribution < 1.29 is 0 Å². The Hall–Kier alpha value is -1.71. The molecule has 0 aliphatic carbocycles. The van der Waals surface area contributed by atoms with Crippen LogP contribution in [0.2, 0.25) is 15.1 Å². The topological polar surface area (TPSA) is 41.4 Å². The number of anilines is 1. The van der Waals surface area contributed by atoms with Gasteiger partial charge in [0.1, 0.15) is 5.02 Å². The van der Waals surface area contributed by atoms with Gasteiger partial charge in [0.05, 0.1) is 22.6 Å². The van der Waals surface area contributed by atoms with Crippen molar-refractivity contribution >= 4 is 40.5 Å². The second-order valence-corrected chi connectivity index (χ2v) is 7.16. The van der Waals surface area contributed by atoms with Gasteiger partial charge in [-0.25, -0.2) is 0 Å². The van der Waals surface area contributed by atoms with Crippen molar-refractivity contribution in [3.05, 3.63) is 49.8 Å². The summed E-state index contributed by atoms with van der Waals surface area (Å²) < 4.78 is 1.19. The highest BCUT2D eigenvalue weighted by Gasteiger charge is 2.21. The Morgan fingerprint density at radius 3 is 2.50 bits per heavy atom. The summed E-state index contributed by atoms with van der Waals surface area (Å²) in [7, 11) is 0. The fourth-order valence-corrected chi connectivity index (χ4v) is 3.64. The van der Waals surface area contributed by atoms with E-state index in [1.54, 1.807) is 24.4 Å². The highest BCUT2D eigenvalue weighted by atomic mass is 35.5. The Kier molecular flexibility index (Phi) is 6.10. The van der Waals surface area contributed by atoms with Crippen LogP contribution in [0.15, 0.2) is 29.2 Å². The van der Waals surface area contributed by atoms with Crippen molar-refractivity contribution in [2.45, 2.75) is 6.42 Å². The molecule has 2 aromatic rings. The standard InChI is InChI=1S/C18H17Cl3N4O/c1-2-3-6-23-7-9-24(10-8-23)16-12-22-25(18(26)17(16)21)15-5-4-13(19)11-14(15)20/h1,4-5,11-12H,3,6-10H2. The molecule has 0 spiro atoms. The van der Waals surface area contributed by atoms with Crippen LogP contribution in [0.25, 0.3) is 5.69 Å². The predicted octanol–water partition coefficient (Wildman–Crippen LogP) is 3.34. The van der Waals surface area contributed by atoms with Gasteiger partial charge in [-0.15, -0.1) is 12.3 Å². The van der Waals surface area contributed by atoms with Crippen molar-refractivity contribution in [2.75, 3.05) is 37.6 Å². The van der Waals surface area contributed by atoms with E-state index in [1.165, 1.54) is 4.68 Å². The molecular formula is C18H17Cl3N4O. The minimum atomic E-state index is -0.414. The molecule has 26 heavy (non-hydrogen) atoms. The van der Waals surface area contributed by atoms with Crippen LogP contribution in [0.5, 0.6) is 0 Å². The van der Waals surface area contributed by atoms with E-state index >= 15 is 0 Å². The average molecular weight is 412 g/mol. The Balaban J connectivity index is 1.83. The Morgan fingerprint density at radius 1 is 1.12 bits per heavy atom. The summed E-state index contributed by atoms with van der Waals surface area (Å²) in [6.07, 6.45) is 7.65. The molecule has 136 valence electrons. The third kappa shape index (κ3) is 3.99. The Morgan fingerprint density at radius 2 is 1.85 bits per heavy atom. The van der Waals surface area contributed by atoms with Gasteiger partial charge in [0.25, 0.3) is 5.56 Å². The number of hydrogen-bond donors (Lipinski definition) is 0. The van der Waals surface area contributed by atoms with Gasteiger partial charge in [-0.3, -0.25) is 9.69 Å². The first-order valence-electron chi connectivity index (χ1n) is 8.15. The Labute approximate surface area is 167 Å². The van der Waals surface area contributed by atoms with Gasteiger partial charge < -0.3 is 4.90 Å². The molecule has 0 amide bonds. The maximum absolute atomic E-state index is 12.7. The zero-order valence-corrected chi connectivity index (χ0v) is 16.2. The molecule has 1 aliphatic heterocycles. The van der Waals surface area contributed by atoms with E-state index in [1.807, 2.05) is 0 Å². The number of hydrogen-bond acceptors (Lipinski definition) is 4.